The fraction of sp³-hybridized carbons (Fsp3) is 0.467. The lowest BCUT2D eigenvalue weighted by molar-refractivity contribution is -0.140. The second-order valence-corrected chi connectivity index (χ2v) is 5.46. The molecule has 0 aromatic heterocycles. The maximum atomic E-state index is 12.2. The molecule has 2 unspecified atom stereocenters. The number of rotatable bonds is 3. The minimum atomic E-state index is -0.0288. The van der Waals surface area contributed by atoms with E-state index >= 15 is 0 Å². The summed E-state index contributed by atoms with van der Waals surface area (Å²) in [4.78, 5) is 25.8. The second kappa shape index (κ2) is 4.68. The summed E-state index contributed by atoms with van der Waals surface area (Å²) >= 11 is 0. The monoisotopic (exact) mass is 258 g/mol. The largest absolute Gasteiger partial charge is 0.399 e. The molecule has 1 saturated heterocycles. The number of carbonyl (C=O) groups excluding carboxylic acids is 2. The third kappa shape index (κ3) is 2.11. The number of benzene rings is 1. The molecule has 4 nitrogen and oxygen atoms in total. The Kier molecular flexibility index (Phi) is 3.01. The maximum Gasteiger partial charge on any atom is 0.233 e. The van der Waals surface area contributed by atoms with Gasteiger partial charge in [0.25, 0.3) is 0 Å². The van der Waals surface area contributed by atoms with Crippen molar-refractivity contribution in [3.63, 3.8) is 0 Å². The van der Waals surface area contributed by atoms with Gasteiger partial charge in [-0.25, -0.2) is 0 Å². The highest BCUT2D eigenvalue weighted by molar-refractivity contribution is 6.05. The van der Waals surface area contributed by atoms with Crippen molar-refractivity contribution < 1.29 is 9.59 Å². The molecule has 0 spiro atoms. The van der Waals surface area contributed by atoms with Crippen LogP contribution in [-0.2, 0) is 16.0 Å². The van der Waals surface area contributed by atoms with E-state index in [9.17, 15) is 9.59 Å². The molecule has 100 valence electrons. The predicted molar refractivity (Wildman–Crippen MR) is 72.1 cm³/mol. The maximum absolute atomic E-state index is 12.2. The molecular weight excluding hydrogens is 240 g/mol. The van der Waals surface area contributed by atoms with Gasteiger partial charge in [0.05, 0.1) is 11.8 Å². The summed E-state index contributed by atoms with van der Waals surface area (Å²) in [6, 6.07) is 7.58. The van der Waals surface area contributed by atoms with Crippen LogP contribution in [0.1, 0.15) is 24.8 Å². The predicted octanol–water partition coefficient (Wildman–Crippen LogP) is 1.60. The van der Waals surface area contributed by atoms with Gasteiger partial charge in [0.15, 0.2) is 0 Å². The number of amides is 2. The Bertz CT molecular complexity index is 487. The number of hydrogen-bond donors (Lipinski definition) is 1. The molecule has 19 heavy (non-hydrogen) atoms. The highest BCUT2D eigenvalue weighted by atomic mass is 16.2. The molecule has 2 atom stereocenters. The van der Waals surface area contributed by atoms with E-state index in [1.807, 2.05) is 24.3 Å². The van der Waals surface area contributed by atoms with Crippen LogP contribution in [0.4, 0.5) is 5.69 Å². The first kappa shape index (κ1) is 12.2. The molecule has 0 bridgehead atoms. The molecule has 2 N–H and O–H groups in total. The Morgan fingerprint density at radius 2 is 1.63 bits per heavy atom. The van der Waals surface area contributed by atoms with Crippen molar-refractivity contribution in [2.24, 2.45) is 11.8 Å². The van der Waals surface area contributed by atoms with Crippen molar-refractivity contribution in [1.82, 2.24) is 4.90 Å². The Labute approximate surface area is 112 Å². The molecule has 4 heteroatoms. The average Bonchev–Trinajstić information content (AvgIpc) is 2.96. The first-order valence-electron chi connectivity index (χ1n) is 6.86. The molecule has 1 aromatic carbocycles. The third-order valence-electron chi connectivity index (χ3n) is 4.29. The Morgan fingerprint density at radius 3 is 2.21 bits per heavy atom. The molecule has 1 aliphatic carbocycles. The average molecular weight is 258 g/mol. The van der Waals surface area contributed by atoms with Crippen LogP contribution in [0.25, 0.3) is 0 Å². The summed E-state index contributed by atoms with van der Waals surface area (Å²) in [5, 5.41) is 0. The van der Waals surface area contributed by atoms with Crippen LogP contribution in [0, 0.1) is 11.8 Å². The van der Waals surface area contributed by atoms with E-state index in [2.05, 4.69) is 0 Å². The SMILES string of the molecule is Nc1ccc(CCN2C(=O)C3CCCC3C2=O)cc1. The standard InChI is InChI=1S/C15H18N2O2/c16-11-6-4-10(5-7-11)8-9-17-14(18)12-2-1-3-13(12)15(17)19/h4-7,12-13H,1-3,8-9,16H2. The number of likely N-dealkylation sites (tertiary alicyclic amines) is 1. The van der Waals surface area contributed by atoms with Gasteiger partial charge >= 0.3 is 0 Å². The van der Waals surface area contributed by atoms with Crippen molar-refractivity contribution in [2.75, 3.05) is 12.3 Å². The fourth-order valence-electron chi connectivity index (χ4n) is 3.21. The summed E-state index contributed by atoms with van der Waals surface area (Å²) in [5.41, 5.74) is 7.46. The lowest BCUT2D eigenvalue weighted by Crippen LogP contribution is -2.33. The number of hydrogen-bond acceptors (Lipinski definition) is 3. The lowest BCUT2D eigenvalue weighted by Gasteiger charge is -2.15. The third-order valence-corrected chi connectivity index (χ3v) is 4.29. The number of imide groups is 1. The molecule has 1 aromatic rings. The van der Waals surface area contributed by atoms with E-state index in [0.717, 1.165) is 30.5 Å². The van der Waals surface area contributed by atoms with Crippen LogP contribution < -0.4 is 5.73 Å². The first-order valence-corrected chi connectivity index (χ1v) is 6.86. The van der Waals surface area contributed by atoms with Crippen molar-refractivity contribution in [3.05, 3.63) is 29.8 Å². The van der Waals surface area contributed by atoms with Gasteiger partial charge < -0.3 is 5.73 Å². The summed E-state index contributed by atoms with van der Waals surface area (Å²) in [5.74, 6) is 0.0312. The van der Waals surface area contributed by atoms with E-state index in [-0.39, 0.29) is 23.7 Å². The van der Waals surface area contributed by atoms with Gasteiger partial charge in [-0.05, 0) is 37.0 Å². The lowest BCUT2D eigenvalue weighted by atomic mass is 10.00. The van der Waals surface area contributed by atoms with Gasteiger partial charge in [-0.1, -0.05) is 18.6 Å². The number of anilines is 1. The van der Waals surface area contributed by atoms with Crippen LogP contribution in [-0.4, -0.2) is 23.3 Å². The van der Waals surface area contributed by atoms with Crippen molar-refractivity contribution in [2.45, 2.75) is 25.7 Å². The van der Waals surface area contributed by atoms with E-state index < -0.39 is 0 Å². The van der Waals surface area contributed by atoms with Crippen molar-refractivity contribution in [1.29, 1.82) is 0 Å². The zero-order valence-electron chi connectivity index (χ0n) is 10.8. The van der Waals surface area contributed by atoms with E-state index in [0.29, 0.717) is 13.0 Å². The van der Waals surface area contributed by atoms with Crippen LogP contribution in [0.2, 0.25) is 0 Å². The van der Waals surface area contributed by atoms with Gasteiger partial charge in [-0.15, -0.1) is 0 Å². The van der Waals surface area contributed by atoms with Crippen LogP contribution in [0.15, 0.2) is 24.3 Å². The highest BCUT2D eigenvalue weighted by Crippen LogP contribution is 2.39. The number of nitrogen functional groups attached to an aromatic ring is 1. The van der Waals surface area contributed by atoms with Gasteiger partial charge in [-0.3, -0.25) is 14.5 Å². The van der Waals surface area contributed by atoms with Gasteiger partial charge in [-0.2, -0.15) is 0 Å². The fourth-order valence-corrected chi connectivity index (χ4v) is 3.21. The van der Waals surface area contributed by atoms with Gasteiger partial charge in [0.2, 0.25) is 11.8 Å². The zero-order valence-corrected chi connectivity index (χ0v) is 10.8. The smallest absolute Gasteiger partial charge is 0.233 e. The van der Waals surface area contributed by atoms with E-state index in [4.69, 9.17) is 5.73 Å². The molecule has 2 fully saturated rings. The van der Waals surface area contributed by atoms with Crippen LogP contribution in [0.5, 0.6) is 0 Å². The molecule has 2 aliphatic rings. The quantitative estimate of drug-likeness (QED) is 0.661. The van der Waals surface area contributed by atoms with Crippen molar-refractivity contribution in [3.8, 4) is 0 Å². The highest BCUT2D eigenvalue weighted by Gasteiger charge is 2.49. The molecule has 1 aliphatic heterocycles. The zero-order chi connectivity index (χ0) is 13.4. The topological polar surface area (TPSA) is 63.4 Å². The summed E-state index contributed by atoms with van der Waals surface area (Å²) < 4.78 is 0. The van der Waals surface area contributed by atoms with Crippen LogP contribution >= 0.6 is 0 Å². The summed E-state index contributed by atoms with van der Waals surface area (Å²) in [7, 11) is 0. The minimum Gasteiger partial charge on any atom is -0.399 e. The second-order valence-electron chi connectivity index (χ2n) is 5.46. The Hall–Kier alpha value is -1.84. The minimum absolute atomic E-state index is 0.0288. The van der Waals surface area contributed by atoms with Gasteiger partial charge in [0.1, 0.15) is 0 Å². The Morgan fingerprint density at radius 1 is 1.05 bits per heavy atom. The summed E-state index contributed by atoms with van der Waals surface area (Å²) in [6.45, 7) is 0.495. The van der Waals surface area contributed by atoms with Crippen LogP contribution in [0.3, 0.4) is 0 Å². The molecule has 3 rings (SSSR count). The normalized spacial score (nSPS) is 26.0. The van der Waals surface area contributed by atoms with Crippen molar-refractivity contribution >= 4 is 17.5 Å². The van der Waals surface area contributed by atoms with E-state index in [1.165, 1.54) is 4.90 Å². The number of nitrogens with zero attached hydrogens (tertiary/aromatic N) is 1. The molecule has 2 amide bonds. The number of carbonyl (C=O) groups is 2. The number of nitrogens with two attached hydrogens (primary N) is 1. The first-order chi connectivity index (χ1) is 9.16. The number of fused-ring (bicyclic) bond motifs is 1. The summed E-state index contributed by atoms with van der Waals surface area (Å²) in [6.07, 6.45) is 3.48. The molecular formula is C15H18N2O2. The van der Waals surface area contributed by atoms with E-state index in [1.54, 1.807) is 0 Å². The molecule has 1 heterocycles. The Balaban J connectivity index is 1.66. The van der Waals surface area contributed by atoms with Gasteiger partial charge in [0, 0.05) is 12.2 Å². The molecule has 1 saturated carbocycles. The molecule has 0 radical (unpaired) electrons.